The molecule has 0 unspecified atom stereocenters. The lowest BCUT2D eigenvalue weighted by Crippen LogP contribution is -2.38. The summed E-state index contributed by atoms with van der Waals surface area (Å²) in [6.07, 6.45) is 6.36. The Morgan fingerprint density at radius 3 is 2.85 bits per heavy atom. The third-order valence-electron chi connectivity index (χ3n) is 3.52. The highest BCUT2D eigenvalue weighted by Gasteiger charge is 2.01. The molecular formula is C19H31IN6O. The van der Waals surface area contributed by atoms with Crippen molar-refractivity contribution < 1.29 is 4.74 Å². The van der Waals surface area contributed by atoms with Gasteiger partial charge in [-0.3, -0.25) is 0 Å². The molecule has 0 spiro atoms. The van der Waals surface area contributed by atoms with Crippen molar-refractivity contribution in [3.05, 3.63) is 42.4 Å². The van der Waals surface area contributed by atoms with Gasteiger partial charge in [-0.2, -0.15) is 5.10 Å². The van der Waals surface area contributed by atoms with Crippen LogP contribution in [-0.4, -0.2) is 47.0 Å². The van der Waals surface area contributed by atoms with Crippen molar-refractivity contribution in [1.29, 1.82) is 0 Å². The van der Waals surface area contributed by atoms with Gasteiger partial charge in [0.25, 0.3) is 0 Å². The number of pyridine rings is 1. The minimum absolute atomic E-state index is 0. The second-order valence-electron chi connectivity index (χ2n) is 6.42. The number of hydrogen-bond acceptors (Lipinski definition) is 4. The van der Waals surface area contributed by atoms with Crippen LogP contribution in [0.5, 0.6) is 0 Å². The van der Waals surface area contributed by atoms with Gasteiger partial charge < -0.3 is 15.4 Å². The van der Waals surface area contributed by atoms with Crippen molar-refractivity contribution in [2.45, 2.75) is 33.7 Å². The molecule has 2 N–H and O–H groups in total. The Kier molecular flexibility index (Phi) is 11.7. The first-order valence-corrected chi connectivity index (χ1v) is 9.24. The lowest BCUT2D eigenvalue weighted by molar-refractivity contribution is 0.108. The summed E-state index contributed by atoms with van der Waals surface area (Å²) in [5, 5.41) is 10.8. The molecule has 0 aliphatic heterocycles. The van der Waals surface area contributed by atoms with E-state index in [0.29, 0.717) is 12.5 Å². The van der Waals surface area contributed by atoms with Crippen LogP contribution in [0, 0.1) is 5.92 Å². The molecular weight excluding hydrogens is 455 g/mol. The van der Waals surface area contributed by atoms with E-state index in [-0.39, 0.29) is 24.0 Å². The van der Waals surface area contributed by atoms with Crippen LogP contribution in [0.2, 0.25) is 0 Å². The highest BCUT2D eigenvalue weighted by Crippen LogP contribution is 2.07. The average Bonchev–Trinajstić information content (AvgIpc) is 3.17. The van der Waals surface area contributed by atoms with E-state index in [1.54, 1.807) is 17.1 Å². The van der Waals surface area contributed by atoms with Gasteiger partial charge in [0.1, 0.15) is 0 Å². The van der Waals surface area contributed by atoms with Gasteiger partial charge in [0.15, 0.2) is 11.8 Å². The van der Waals surface area contributed by atoms with Crippen LogP contribution in [-0.2, 0) is 11.3 Å². The number of nitrogens with zero attached hydrogens (tertiary/aromatic N) is 4. The quantitative estimate of drug-likeness (QED) is 0.234. The van der Waals surface area contributed by atoms with E-state index in [9.17, 15) is 0 Å². The number of rotatable bonds is 10. The molecule has 0 aliphatic carbocycles. The Balaban J connectivity index is 0.00000364. The van der Waals surface area contributed by atoms with Gasteiger partial charge in [0.2, 0.25) is 0 Å². The van der Waals surface area contributed by atoms with E-state index in [1.165, 1.54) is 0 Å². The Labute approximate surface area is 179 Å². The third kappa shape index (κ3) is 9.18. The van der Waals surface area contributed by atoms with E-state index < -0.39 is 0 Å². The monoisotopic (exact) mass is 486 g/mol. The Hall–Kier alpha value is -1.68. The zero-order valence-electron chi connectivity index (χ0n) is 16.4. The average molecular weight is 486 g/mol. The van der Waals surface area contributed by atoms with Crippen LogP contribution >= 0.6 is 24.0 Å². The van der Waals surface area contributed by atoms with Crippen LogP contribution in [0.15, 0.2) is 41.8 Å². The summed E-state index contributed by atoms with van der Waals surface area (Å²) >= 11 is 0. The summed E-state index contributed by atoms with van der Waals surface area (Å²) in [6, 6.07) is 5.85. The molecule has 8 heteroatoms. The van der Waals surface area contributed by atoms with Crippen molar-refractivity contribution in [2.24, 2.45) is 10.9 Å². The number of halogens is 1. The molecule has 0 amide bonds. The fraction of sp³-hybridized carbons (Fsp3) is 0.526. The smallest absolute Gasteiger partial charge is 0.191 e. The maximum atomic E-state index is 5.60. The van der Waals surface area contributed by atoms with E-state index >= 15 is 0 Å². The van der Waals surface area contributed by atoms with E-state index in [4.69, 9.17) is 4.74 Å². The second kappa shape index (κ2) is 13.5. The van der Waals surface area contributed by atoms with Gasteiger partial charge in [-0.1, -0.05) is 13.8 Å². The predicted octanol–water partition coefficient (Wildman–Crippen LogP) is 3.00. The molecule has 150 valence electrons. The first-order valence-electron chi connectivity index (χ1n) is 9.24. The summed E-state index contributed by atoms with van der Waals surface area (Å²) in [5.74, 6) is 2.19. The zero-order valence-corrected chi connectivity index (χ0v) is 18.7. The van der Waals surface area contributed by atoms with E-state index in [0.717, 1.165) is 50.1 Å². The van der Waals surface area contributed by atoms with Crippen molar-refractivity contribution in [1.82, 2.24) is 25.4 Å². The molecule has 2 rings (SSSR count). The summed E-state index contributed by atoms with van der Waals surface area (Å²) in [7, 11) is 0. The molecule has 0 radical (unpaired) electrons. The predicted molar refractivity (Wildman–Crippen MR) is 120 cm³/mol. The number of aromatic nitrogens is 3. The van der Waals surface area contributed by atoms with Crippen molar-refractivity contribution >= 4 is 29.9 Å². The minimum Gasteiger partial charge on any atom is -0.381 e. The normalized spacial score (nSPS) is 11.3. The Morgan fingerprint density at radius 1 is 1.30 bits per heavy atom. The van der Waals surface area contributed by atoms with E-state index in [2.05, 4.69) is 46.5 Å². The highest BCUT2D eigenvalue weighted by atomic mass is 127. The fourth-order valence-electron chi connectivity index (χ4n) is 2.30. The van der Waals surface area contributed by atoms with Gasteiger partial charge in [-0.25, -0.2) is 14.7 Å². The van der Waals surface area contributed by atoms with Gasteiger partial charge in [0, 0.05) is 44.9 Å². The van der Waals surface area contributed by atoms with Gasteiger partial charge in [0.05, 0.1) is 6.54 Å². The molecule has 2 aromatic rings. The fourth-order valence-corrected chi connectivity index (χ4v) is 2.30. The van der Waals surface area contributed by atoms with Gasteiger partial charge in [-0.15, -0.1) is 24.0 Å². The van der Waals surface area contributed by atoms with Crippen molar-refractivity contribution in [3.63, 3.8) is 0 Å². The minimum atomic E-state index is 0. The molecule has 2 heterocycles. The number of nitrogens with one attached hydrogen (secondary N) is 2. The molecule has 0 saturated heterocycles. The maximum absolute atomic E-state index is 5.60. The second-order valence-corrected chi connectivity index (χ2v) is 6.42. The standard InChI is InChI=1S/C19H30N6O.HI/c1-4-20-19(22-8-6-12-26-15-16(2)3)23-14-17-7-10-21-18(13-17)25-11-5-9-24-25;/h5,7,9-11,13,16H,4,6,8,12,14-15H2,1-3H3,(H2,20,22,23);1H. The van der Waals surface area contributed by atoms with Crippen LogP contribution in [0.1, 0.15) is 32.8 Å². The summed E-state index contributed by atoms with van der Waals surface area (Å²) < 4.78 is 7.34. The summed E-state index contributed by atoms with van der Waals surface area (Å²) in [4.78, 5) is 8.99. The topological polar surface area (TPSA) is 76.4 Å². The molecule has 0 aromatic carbocycles. The largest absolute Gasteiger partial charge is 0.381 e. The number of aliphatic imine (C=N–C) groups is 1. The lowest BCUT2D eigenvalue weighted by atomic mass is 10.2. The van der Waals surface area contributed by atoms with Crippen LogP contribution in [0.4, 0.5) is 0 Å². The molecule has 2 aromatic heterocycles. The highest BCUT2D eigenvalue weighted by molar-refractivity contribution is 14.0. The zero-order chi connectivity index (χ0) is 18.6. The third-order valence-corrected chi connectivity index (χ3v) is 3.52. The lowest BCUT2D eigenvalue weighted by Gasteiger charge is -2.12. The molecule has 0 fully saturated rings. The van der Waals surface area contributed by atoms with Gasteiger partial charge >= 0.3 is 0 Å². The van der Waals surface area contributed by atoms with Crippen LogP contribution in [0.3, 0.4) is 0 Å². The number of guanidine groups is 1. The van der Waals surface area contributed by atoms with Crippen molar-refractivity contribution in [3.8, 4) is 5.82 Å². The summed E-state index contributed by atoms with van der Waals surface area (Å²) in [5.41, 5.74) is 1.09. The number of hydrogen-bond donors (Lipinski definition) is 2. The van der Waals surface area contributed by atoms with Crippen LogP contribution < -0.4 is 10.6 Å². The first-order chi connectivity index (χ1) is 12.7. The maximum Gasteiger partial charge on any atom is 0.191 e. The molecule has 0 atom stereocenters. The molecule has 0 saturated carbocycles. The number of ether oxygens (including phenoxy) is 1. The van der Waals surface area contributed by atoms with Crippen LogP contribution in [0.25, 0.3) is 5.82 Å². The van der Waals surface area contributed by atoms with Crippen molar-refractivity contribution in [2.75, 3.05) is 26.3 Å². The first kappa shape index (κ1) is 23.4. The molecule has 0 bridgehead atoms. The molecule has 7 nitrogen and oxygen atoms in total. The molecule has 0 aliphatic rings. The van der Waals surface area contributed by atoms with E-state index in [1.807, 2.05) is 24.4 Å². The summed E-state index contributed by atoms with van der Waals surface area (Å²) in [6.45, 7) is 10.2. The SMILES string of the molecule is CCNC(=NCc1ccnc(-n2cccn2)c1)NCCCOCC(C)C.I. The Morgan fingerprint density at radius 2 is 2.15 bits per heavy atom. The molecule has 27 heavy (non-hydrogen) atoms. The Bertz CT molecular complexity index is 660. The van der Waals surface area contributed by atoms with Gasteiger partial charge in [-0.05, 0) is 43.0 Å².